The summed E-state index contributed by atoms with van der Waals surface area (Å²) in [5, 5.41) is 1.12. The van der Waals surface area contributed by atoms with Gasteiger partial charge >= 0.3 is 5.97 Å². The van der Waals surface area contributed by atoms with E-state index in [-0.39, 0.29) is 0 Å². The first-order chi connectivity index (χ1) is 12.0. The number of nitrogens with one attached hydrogen (secondary N) is 1. The van der Waals surface area contributed by atoms with Crippen LogP contribution >= 0.6 is 0 Å². The Morgan fingerprint density at radius 2 is 1.64 bits per heavy atom. The van der Waals surface area contributed by atoms with Crippen molar-refractivity contribution in [2.45, 2.75) is 6.92 Å². The van der Waals surface area contributed by atoms with Crippen LogP contribution in [0.25, 0.3) is 12.2 Å². The van der Waals surface area contributed by atoms with Gasteiger partial charge in [-0.05, 0) is 42.3 Å². The number of benzene rings is 2. The fourth-order valence-electron chi connectivity index (χ4n) is 1.95. The summed E-state index contributed by atoms with van der Waals surface area (Å²) in [6.45, 7) is 2.05. The van der Waals surface area contributed by atoms with E-state index in [0.29, 0.717) is 12.3 Å². The van der Waals surface area contributed by atoms with E-state index in [1.54, 1.807) is 37.3 Å². The number of ether oxygens (including phenoxy) is 1. The molecule has 0 saturated carbocycles. The highest BCUT2D eigenvalue weighted by Gasteiger charge is 2.05. The molecule has 0 aliphatic carbocycles. The van der Waals surface area contributed by atoms with Crippen LogP contribution in [0.2, 0.25) is 0 Å². The number of carbonyl (C=O) groups excluding carboxylic acids is 1. The maximum Gasteiger partial charge on any atom is 0.330 e. The molecule has 25 heavy (non-hydrogen) atoms. The molecule has 0 aliphatic heterocycles. The molecule has 2 aromatic carbocycles. The van der Waals surface area contributed by atoms with E-state index in [0.717, 1.165) is 16.5 Å². The molecule has 2 rings (SSSR count). The molecule has 0 aliphatic rings. The molecule has 0 aromatic heterocycles. The zero-order valence-corrected chi connectivity index (χ0v) is 14.6. The third-order valence-electron chi connectivity index (χ3n) is 3.11. The van der Waals surface area contributed by atoms with E-state index in [2.05, 4.69) is 4.72 Å². The van der Waals surface area contributed by atoms with Crippen molar-refractivity contribution in [1.29, 1.82) is 0 Å². The highest BCUT2D eigenvalue weighted by atomic mass is 32.2. The molecule has 0 spiro atoms. The van der Waals surface area contributed by atoms with Crippen LogP contribution in [0.15, 0.2) is 66.1 Å². The van der Waals surface area contributed by atoms with Crippen molar-refractivity contribution in [3.8, 4) is 0 Å². The van der Waals surface area contributed by atoms with Crippen molar-refractivity contribution >= 4 is 33.8 Å². The standard InChI is InChI=1S/C19H19NO4S/c1-2-24-19(21)13-10-17-8-11-18(12-9-17)20-25(22,23)15-14-16-6-4-3-5-7-16/h3-15,20H,2H2,1H3/b13-10+,15-14+. The second-order valence-corrected chi connectivity index (χ2v) is 6.63. The number of hydrogen-bond acceptors (Lipinski definition) is 4. The molecule has 0 saturated heterocycles. The van der Waals surface area contributed by atoms with Crippen molar-refractivity contribution < 1.29 is 17.9 Å². The van der Waals surface area contributed by atoms with Gasteiger partial charge in [0.05, 0.1) is 12.0 Å². The summed E-state index contributed by atoms with van der Waals surface area (Å²) >= 11 is 0. The molecule has 1 N–H and O–H groups in total. The van der Waals surface area contributed by atoms with Crippen LogP contribution < -0.4 is 4.72 Å². The first-order valence-electron chi connectivity index (χ1n) is 7.69. The van der Waals surface area contributed by atoms with Crippen LogP contribution in [-0.4, -0.2) is 21.0 Å². The molecular weight excluding hydrogens is 338 g/mol. The van der Waals surface area contributed by atoms with Crippen LogP contribution in [-0.2, 0) is 19.6 Å². The fourth-order valence-corrected chi connectivity index (χ4v) is 2.82. The van der Waals surface area contributed by atoms with E-state index in [9.17, 15) is 13.2 Å². The van der Waals surface area contributed by atoms with Crippen molar-refractivity contribution in [2.75, 3.05) is 11.3 Å². The van der Waals surface area contributed by atoms with Gasteiger partial charge in [0.15, 0.2) is 0 Å². The zero-order valence-electron chi connectivity index (χ0n) is 13.8. The molecule has 0 amide bonds. The molecule has 0 atom stereocenters. The van der Waals surface area contributed by atoms with Gasteiger partial charge in [0, 0.05) is 11.8 Å². The van der Waals surface area contributed by atoms with Crippen LogP contribution in [0.1, 0.15) is 18.1 Å². The smallest absolute Gasteiger partial charge is 0.330 e. The van der Waals surface area contributed by atoms with Crippen molar-refractivity contribution in [2.24, 2.45) is 0 Å². The van der Waals surface area contributed by atoms with Gasteiger partial charge in [-0.1, -0.05) is 42.5 Å². The van der Waals surface area contributed by atoms with Gasteiger partial charge in [-0.2, -0.15) is 0 Å². The van der Waals surface area contributed by atoms with Gasteiger partial charge in [0.25, 0.3) is 10.0 Å². The molecule has 0 bridgehead atoms. The Bertz CT molecular complexity index is 854. The SMILES string of the molecule is CCOC(=O)/C=C/c1ccc(NS(=O)(=O)/C=C/c2ccccc2)cc1. The predicted molar refractivity (Wildman–Crippen MR) is 100 cm³/mol. The average Bonchev–Trinajstić information content (AvgIpc) is 2.60. The van der Waals surface area contributed by atoms with Gasteiger partial charge in [-0.3, -0.25) is 4.72 Å². The normalized spacial score (nSPS) is 11.7. The Balaban J connectivity index is 2.00. The average molecular weight is 357 g/mol. The number of hydrogen-bond donors (Lipinski definition) is 1. The highest BCUT2D eigenvalue weighted by molar-refractivity contribution is 7.95. The van der Waals surface area contributed by atoms with Gasteiger partial charge in [0.1, 0.15) is 0 Å². The molecule has 130 valence electrons. The molecule has 5 nitrogen and oxygen atoms in total. The third-order valence-corrected chi connectivity index (χ3v) is 4.12. The van der Waals surface area contributed by atoms with Crippen LogP contribution in [0.3, 0.4) is 0 Å². The Morgan fingerprint density at radius 3 is 2.28 bits per heavy atom. The summed E-state index contributed by atoms with van der Waals surface area (Å²) in [6, 6.07) is 15.8. The summed E-state index contributed by atoms with van der Waals surface area (Å²) in [5.41, 5.74) is 1.99. The van der Waals surface area contributed by atoms with E-state index in [1.807, 2.05) is 30.3 Å². The summed E-state index contributed by atoms with van der Waals surface area (Å²) in [5.74, 6) is -0.418. The van der Waals surface area contributed by atoms with Crippen molar-refractivity contribution in [3.05, 3.63) is 77.2 Å². The predicted octanol–water partition coefficient (Wildman–Crippen LogP) is 3.68. The zero-order chi connectivity index (χ0) is 18.1. The lowest BCUT2D eigenvalue weighted by Gasteiger charge is -2.04. The van der Waals surface area contributed by atoms with Crippen molar-refractivity contribution in [3.63, 3.8) is 0 Å². The van der Waals surface area contributed by atoms with Gasteiger partial charge in [-0.15, -0.1) is 0 Å². The lowest BCUT2D eigenvalue weighted by Crippen LogP contribution is -2.08. The third kappa shape index (κ3) is 6.64. The lowest BCUT2D eigenvalue weighted by molar-refractivity contribution is -0.137. The molecule has 0 fully saturated rings. The van der Waals surface area contributed by atoms with Crippen LogP contribution in [0.4, 0.5) is 5.69 Å². The first-order valence-corrected chi connectivity index (χ1v) is 9.24. The van der Waals surface area contributed by atoms with E-state index < -0.39 is 16.0 Å². The molecule has 0 heterocycles. The Labute approximate surface area is 147 Å². The number of rotatable bonds is 7. The highest BCUT2D eigenvalue weighted by Crippen LogP contribution is 2.14. The quantitative estimate of drug-likeness (QED) is 0.606. The van der Waals surface area contributed by atoms with E-state index >= 15 is 0 Å². The van der Waals surface area contributed by atoms with Crippen molar-refractivity contribution in [1.82, 2.24) is 0 Å². The minimum atomic E-state index is -3.60. The Kier molecular flexibility index (Phi) is 6.54. The summed E-state index contributed by atoms with van der Waals surface area (Å²) < 4.78 is 31.4. The largest absolute Gasteiger partial charge is 0.463 e. The van der Waals surface area contributed by atoms with Gasteiger partial charge in [0.2, 0.25) is 0 Å². The molecule has 6 heteroatoms. The van der Waals surface area contributed by atoms with Gasteiger partial charge < -0.3 is 4.74 Å². The number of anilines is 1. The molecule has 0 unspecified atom stereocenters. The Hall–Kier alpha value is -2.86. The molecular formula is C19H19NO4S. The molecule has 0 radical (unpaired) electrons. The molecule has 2 aromatic rings. The summed E-state index contributed by atoms with van der Waals surface area (Å²) in [7, 11) is -3.60. The van der Waals surface area contributed by atoms with E-state index in [1.165, 1.54) is 12.2 Å². The number of sulfonamides is 1. The number of esters is 1. The first kappa shape index (κ1) is 18.5. The van der Waals surface area contributed by atoms with Gasteiger partial charge in [-0.25, -0.2) is 13.2 Å². The van der Waals surface area contributed by atoms with Crippen LogP contribution in [0.5, 0.6) is 0 Å². The maximum atomic E-state index is 12.1. The second kappa shape index (κ2) is 8.84. The van der Waals surface area contributed by atoms with Crippen LogP contribution in [0, 0.1) is 0 Å². The maximum absolute atomic E-state index is 12.1. The Morgan fingerprint density at radius 1 is 1.00 bits per heavy atom. The monoisotopic (exact) mass is 357 g/mol. The second-order valence-electron chi connectivity index (χ2n) is 5.07. The summed E-state index contributed by atoms with van der Waals surface area (Å²) in [4.78, 5) is 11.3. The minimum Gasteiger partial charge on any atom is -0.463 e. The fraction of sp³-hybridized carbons (Fsp3) is 0.105. The minimum absolute atomic E-state index is 0.320. The number of carbonyl (C=O) groups is 1. The topological polar surface area (TPSA) is 72.5 Å². The van der Waals surface area contributed by atoms with E-state index in [4.69, 9.17) is 4.74 Å². The lowest BCUT2D eigenvalue weighted by atomic mass is 10.2. The summed E-state index contributed by atoms with van der Waals surface area (Å²) in [6.07, 6.45) is 4.45.